The second-order valence-electron chi connectivity index (χ2n) is 4.84. The molecule has 0 aromatic carbocycles. The third kappa shape index (κ3) is 3.06. The SMILES string of the molecule is CCNCCc1c(C)nc(C2CCCO2)nc1C. The van der Waals surface area contributed by atoms with Crippen LogP contribution in [0.3, 0.4) is 0 Å². The van der Waals surface area contributed by atoms with Crippen LogP contribution in [0.4, 0.5) is 0 Å². The number of rotatable bonds is 5. The molecule has 1 aromatic heterocycles. The Hall–Kier alpha value is -1.00. The molecule has 1 fully saturated rings. The quantitative estimate of drug-likeness (QED) is 0.812. The molecule has 0 amide bonds. The highest BCUT2D eigenvalue weighted by Gasteiger charge is 2.21. The Morgan fingerprint density at radius 1 is 1.28 bits per heavy atom. The molecule has 1 unspecified atom stereocenters. The lowest BCUT2D eigenvalue weighted by molar-refractivity contribution is 0.104. The first kappa shape index (κ1) is 13.4. The van der Waals surface area contributed by atoms with Gasteiger partial charge in [-0.2, -0.15) is 0 Å². The standard InChI is InChI=1S/C14H23N3O/c1-4-15-8-7-12-10(2)16-14(17-11(12)3)13-6-5-9-18-13/h13,15H,4-9H2,1-3H3. The topological polar surface area (TPSA) is 47.0 Å². The van der Waals surface area contributed by atoms with Gasteiger partial charge in [-0.25, -0.2) is 9.97 Å². The van der Waals surface area contributed by atoms with Crippen LogP contribution < -0.4 is 5.32 Å². The van der Waals surface area contributed by atoms with E-state index < -0.39 is 0 Å². The van der Waals surface area contributed by atoms with Gasteiger partial charge in [0.25, 0.3) is 0 Å². The average Bonchev–Trinajstić information content (AvgIpc) is 2.86. The number of nitrogens with zero attached hydrogens (tertiary/aromatic N) is 2. The van der Waals surface area contributed by atoms with Crippen LogP contribution in [0.15, 0.2) is 0 Å². The van der Waals surface area contributed by atoms with Crippen molar-refractivity contribution in [3.8, 4) is 0 Å². The van der Waals surface area contributed by atoms with E-state index in [1.165, 1.54) is 5.56 Å². The summed E-state index contributed by atoms with van der Waals surface area (Å²) in [4.78, 5) is 9.26. The third-order valence-corrected chi connectivity index (χ3v) is 3.46. The van der Waals surface area contributed by atoms with Crippen LogP contribution in [0.1, 0.15) is 48.6 Å². The molecule has 1 aromatic rings. The minimum absolute atomic E-state index is 0.116. The molecular formula is C14H23N3O. The molecular weight excluding hydrogens is 226 g/mol. The second kappa shape index (κ2) is 6.25. The van der Waals surface area contributed by atoms with Crippen LogP contribution in [0, 0.1) is 13.8 Å². The van der Waals surface area contributed by atoms with E-state index in [2.05, 4.69) is 36.1 Å². The molecule has 2 heterocycles. The maximum Gasteiger partial charge on any atom is 0.157 e. The van der Waals surface area contributed by atoms with Crippen LogP contribution in [-0.2, 0) is 11.2 Å². The summed E-state index contributed by atoms with van der Waals surface area (Å²) in [6.07, 6.45) is 3.28. The number of aromatic nitrogens is 2. The summed E-state index contributed by atoms with van der Waals surface area (Å²) in [5, 5.41) is 3.34. The normalized spacial score (nSPS) is 19.4. The molecule has 0 bridgehead atoms. The van der Waals surface area contributed by atoms with Crippen molar-refractivity contribution in [3.63, 3.8) is 0 Å². The summed E-state index contributed by atoms with van der Waals surface area (Å²) in [5.41, 5.74) is 3.48. The van der Waals surface area contributed by atoms with Crippen molar-refractivity contribution < 1.29 is 4.74 Å². The Morgan fingerprint density at radius 3 is 2.56 bits per heavy atom. The highest BCUT2D eigenvalue weighted by atomic mass is 16.5. The number of hydrogen-bond donors (Lipinski definition) is 1. The van der Waals surface area contributed by atoms with Gasteiger partial charge in [-0.15, -0.1) is 0 Å². The van der Waals surface area contributed by atoms with Crippen molar-refractivity contribution in [1.29, 1.82) is 0 Å². The van der Waals surface area contributed by atoms with Crippen molar-refractivity contribution >= 4 is 0 Å². The minimum atomic E-state index is 0.116. The van der Waals surface area contributed by atoms with Gasteiger partial charge < -0.3 is 10.1 Å². The molecule has 0 spiro atoms. The van der Waals surface area contributed by atoms with Gasteiger partial charge in [0.15, 0.2) is 5.82 Å². The van der Waals surface area contributed by atoms with E-state index in [0.29, 0.717) is 0 Å². The van der Waals surface area contributed by atoms with Gasteiger partial charge in [-0.1, -0.05) is 6.92 Å². The van der Waals surface area contributed by atoms with Crippen molar-refractivity contribution in [3.05, 3.63) is 22.8 Å². The highest BCUT2D eigenvalue weighted by Crippen LogP contribution is 2.27. The van der Waals surface area contributed by atoms with E-state index in [1.54, 1.807) is 0 Å². The molecule has 100 valence electrons. The number of likely N-dealkylation sites (N-methyl/N-ethyl adjacent to an activating group) is 1. The summed E-state index contributed by atoms with van der Waals surface area (Å²) in [7, 11) is 0. The Labute approximate surface area is 109 Å². The largest absolute Gasteiger partial charge is 0.370 e. The molecule has 1 aliphatic heterocycles. The van der Waals surface area contributed by atoms with Gasteiger partial charge in [-0.3, -0.25) is 0 Å². The summed E-state index contributed by atoms with van der Waals surface area (Å²) >= 11 is 0. The average molecular weight is 249 g/mol. The van der Waals surface area contributed by atoms with Crippen LogP contribution in [0.25, 0.3) is 0 Å². The summed E-state index contributed by atoms with van der Waals surface area (Å²) < 4.78 is 5.65. The fourth-order valence-electron chi connectivity index (χ4n) is 2.44. The molecule has 0 saturated carbocycles. The highest BCUT2D eigenvalue weighted by molar-refractivity contribution is 5.25. The van der Waals surface area contributed by atoms with Crippen LogP contribution >= 0.6 is 0 Å². The molecule has 0 aliphatic carbocycles. The molecule has 1 atom stereocenters. The zero-order valence-corrected chi connectivity index (χ0v) is 11.6. The van der Waals surface area contributed by atoms with Crippen molar-refractivity contribution in [2.24, 2.45) is 0 Å². The van der Waals surface area contributed by atoms with E-state index in [0.717, 1.165) is 56.2 Å². The lowest BCUT2D eigenvalue weighted by Crippen LogP contribution is -2.18. The van der Waals surface area contributed by atoms with E-state index in [9.17, 15) is 0 Å². The van der Waals surface area contributed by atoms with E-state index in [1.807, 2.05) is 0 Å². The Morgan fingerprint density at radius 2 is 2.00 bits per heavy atom. The van der Waals surface area contributed by atoms with Crippen molar-refractivity contribution in [2.45, 2.75) is 46.1 Å². The maximum atomic E-state index is 5.65. The lowest BCUT2D eigenvalue weighted by atomic mass is 10.1. The maximum absolute atomic E-state index is 5.65. The molecule has 1 saturated heterocycles. The first-order valence-corrected chi connectivity index (χ1v) is 6.88. The van der Waals surface area contributed by atoms with E-state index in [4.69, 9.17) is 4.74 Å². The molecule has 1 N–H and O–H groups in total. The third-order valence-electron chi connectivity index (χ3n) is 3.46. The summed E-state index contributed by atoms with van der Waals surface area (Å²) in [6.45, 7) is 9.11. The summed E-state index contributed by atoms with van der Waals surface area (Å²) in [5.74, 6) is 0.870. The van der Waals surface area contributed by atoms with Gasteiger partial charge in [0.05, 0.1) is 0 Å². The van der Waals surface area contributed by atoms with Gasteiger partial charge in [0.2, 0.25) is 0 Å². The number of aryl methyl sites for hydroxylation is 2. The van der Waals surface area contributed by atoms with Gasteiger partial charge in [0, 0.05) is 18.0 Å². The lowest BCUT2D eigenvalue weighted by Gasteiger charge is -2.14. The minimum Gasteiger partial charge on any atom is -0.370 e. The zero-order valence-electron chi connectivity index (χ0n) is 11.6. The van der Waals surface area contributed by atoms with Crippen molar-refractivity contribution in [1.82, 2.24) is 15.3 Å². The second-order valence-corrected chi connectivity index (χ2v) is 4.84. The Bertz CT molecular complexity index is 377. The molecule has 0 radical (unpaired) electrons. The summed E-state index contributed by atoms with van der Waals surface area (Å²) in [6, 6.07) is 0. The van der Waals surface area contributed by atoms with Gasteiger partial charge in [0.1, 0.15) is 6.10 Å². The predicted octanol–water partition coefficient (Wildman–Crippen LogP) is 2.10. The monoisotopic (exact) mass is 249 g/mol. The first-order valence-electron chi connectivity index (χ1n) is 6.88. The number of ether oxygens (including phenoxy) is 1. The van der Waals surface area contributed by atoms with Gasteiger partial charge in [-0.05, 0) is 51.8 Å². The molecule has 18 heavy (non-hydrogen) atoms. The van der Waals surface area contributed by atoms with Crippen molar-refractivity contribution in [2.75, 3.05) is 19.7 Å². The molecule has 1 aliphatic rings. The number of nitrogens with one attached hydrogen (secondary N) is 1. The number of hydrogen-bond acceptors (Lipinski definition) is 4. The smallest absolute Gasteiger partial charge is 0.157 e. The molecule has 4 heteroatoms. The predicted molar refractivity (Wildman–Crippen MR) is 71.7 cm³/mol. The van der Waals surface area contributed by atoms with Crippen LogP contribution in [0.2, 0.25) is 0 Å². The fourth-order valence-corrected chi connectivity index (χ4v) is 2.44. The van der Waals surface area contributed by atoms with E-state index in [-0.39, 0.29) is 6.10 Å². The fraction of sp³-hybridized carbons (Fsp3) is 0.714. The Balaban J connectivity index is 2.12. The Kier molecular flexibility index (Phi) is 4.66. The molecule has 2 rings (SSSR count). The first-order chi connectivity index (χ1) is 8.72. The van der Waals surface area contributed by atoms with Gasteiger partial charge >= 0.3 is 0 Å². The van der Waals surface area contributed by atoms with Crippen LogP contribution in [-0.4, -0.2) is 29.7 Å². The van der Waals surface area contributed by atoms with Crippen LogP contribution in [0.5, 0.6) is 0 Å². The van der Waals surface area contributed by atoms with E-state index >= 15 is 0 Å². The molecule has 4 nitrogen and oxygen atoms in total. The zero-order chi connectivity index (χ0) is 13.0.